The van der Waals surface area contributed by atoms with Gasteiger partial charge >= 0.3 is 5.97 Å². The number of ether oxygens (including phenoxy) is 4. The largest absolute Gasteiger partial charge is 0.466 e. The van der Waals surface area contributed by atoms with Crippen molar-refractivity contribution in [2.45, 2.75) is 19.8 Å². The van der Waals surface area contributed by atoms with Crippen LogP contribution in [0.2, 0.25) is 0 Å². The molecule has 1 rings (SSSR count). The first-order valence-corrected chi connectivity index (χ1v) is 7.81. The zero-order valence-electron chi connectivity index (χ0n) is 13.3. The molecule has 0 N–H and O–H groups in total. The number of methoxy groups -OCH3 is 1. The second kappa shape index (κ2) is 11.9. The summed E-state index contributed by atoms with van der Waals surface area (Å²) in [5.41, 5.74) is 0. The summed E-state index contributed by atoms with van der Waals surface area (Å²) < 4.78 is 20.8. The van der Waals surface area contributed by atoms with Gasteiger partial charge in [-0.2, -0.15) is 0 Å². The molecule has 0 radical (unpaired) electrons. The lowest BCUT2D eigenvalue weighted by atomic mass is 9.98. The normalized spacial score (nSPS) is 19.6. The first-order chi connectivity index (χ1) is 10.3. The average molecular weight is 303 g/mol. The summed E-state index contributed by atoms with van der Waals surface area (Å²) in [5.74, 6) is -0.0364. The highest BCUT2D eigenvalue weighted by Crippen LogP contribution is 2.17. The van der Waals surface area contributed by atoms with Gasteiger partial charge in [-0.15, -0.1) is 0 Å². The Kier molecular flexibility index (Phi) is 10.4. The number of hydrogen-bond donors (Lipinski definition) is 0. The van der Waals surface area contributed by atoms with Crippen molar-refractivity contribution in [1.29, 1.82) is 0 Å². The van der Waals surface area contributed by atoms with Gasteiger partial charge in [0, 0.05) is 20.2 Å². The minimum absolute atomic E-state index is 0.0241. The van der Waals surface area contributed by atoms with Crippen molar-refractivity contribution >= 4 is 5.97 Å². The van der Waals surface area contributed by atoms with Gasteiger partial charge in [-0.05, 0) is 26.3 Å². The van der Waals surface area contributed by atoms with Crippen LogP contribution in [0, 0.1) is 5.92 Å². The third kappa shape index (κ3) is 8.36. The molecule has 0 aromatic heterocycles. The quantitative estimate of drug-likeness (QED) is 0.418. The Hall–Kier alpha value is -0.690. The third-order valence-corrected chi connectivity index (χ3v) is 3.48. The summed E-state index contributed by atoms with van der Waals surface area (Å²) in [6.45, 7) is 8.06. The van der Waals surface area contributed by atoms with Crippen molar-refractivity contribution in [1.82, 2.24) is 4.90 Å². The second-order valence-electron chi connectivity index (χ2n) is 5.11. The molecule has 1 fully saturated rings. The number of nitrogens with zero attached hydrogens (tertiary/aromatic N) is 1. The van der Waals surface area contributed by atoms with Crippen LogP contribution in [0.1, 0.15) is 19.8 Å². The molecule has 1 aliphatic rings. The molecule has 0 spiro atoms. The zero-order chi connectivity index (χ0) is 15.3. The average Bonchev–Trinajstić information content (AvgIpc) is 2.50. The van der Waals surface area contributed by atoms with Gasteiger partial charge < -0.3 is 23.8 Å². The van der Waals surface area contributed by atoms with Crippen molar-refractivity contribution in [2.75, 3.05) is 66.4 Å². The van der Waals surface area contributed by atoms with E-state index in [4.69, 9.17) is 18.9 Å². The summed E-state index contributed by atoms with van der Waals surface area (Å²) in [6.07, 6.45) is 1.98. The van der Waals surface area contributed by atoms with Gasteiger partial charge in [0.15, 0.2) is 0 Å². The molecule has 0 amide bonds. The van der Waals surface area contributed by atoms with Gasteiger partial charge in [0.05, 0.1) is 45.6 Å². The number of piperidine rings is 1. The second-order valence-corrected chi connectivity index (χ2v) is 5.11. The monoisotopic (exact) mass is 303 g/mol. The molecule has 1 aliphatic heterocycles. The van der Waals surface area contributed by atoms with E-state index in [1.54, 1.807) is 7.11 Å². The van der Waals surface area contributed by atoms with Gasteiger partial charge in [-0.25, -0.2) is 0 Å². The fraction of sp³-hybridized carbons (Fsp3) is 0.933. The maximum Gasteiger partial charge on any atom is 0.310 e. The Morgan fingerprint density at radius 1 is 1.14 bits per heavy atom. The number of rotatable bonds is 11. The maximum atomic E-state index is 11.7. The van der Waals surface area contributed by atoms with E-state index < -0.39 is 0 Å². The molecule has 1 saturated heterocycles. The number of carbonyl (C=O) groups excluding carboxylic acids is 1. The van der Waals surface area contributed by atoms with Gasteiger partial charge in [-0.3, -0.25) is 4.79 Å². The van der Waals surface area contributed by atoms with Crippen molar-refractivity contribution in [3.05, 3.63) is 0 Å². The third-order valence-electron chi connectivity index (χ3n) is 3.48. The fourth-order valence-corrected chi connectivity index (χ4v) is 2.37. The first kappa shape index (κ1) is 18.4. The summed E-state index contributed by atoms with van der Waals surface area (Å²) in [6, 6.07) is 0. The summed E-state index contributed by atoms with van der Waals surface area (Å²) in [4.78, 5) is 14.0. The van der Waals surface area contributed by atoms with Crippen molar-refractivity contribution < 1.29 is 23.7 Å². The SMILES string of the molecule is CCOC(=O)[C@@H]1CCCN(CCOCCOCCOC)C1. The Labute approximate surface area is 127 Å². The summed E-state index contributed by atoms with van der Waals surface area (Å²) in [7, 11) is 1.65. The lowest BCUT2D eigenvalue weighted by Crippen LogP contribution is -2.41. The van der Waals surface area contributed by atoms with Crippen molar-refractivity contribution in [3.63, 3.8) is 0 Å². The molecule has 6 heteroatoms. The Morgan fingerprint density at radius 2 is 1.86 bits per heavy atom. The molecule has 0 aliphatic carbocycles. The van der Waals surface area contributed by atoms with E-state index in [0.717, 1.165) is 32.5 Å². The molecular weight excluding hydrogens is 274 g/mol. The van der Waals surface area contributed by atoms with Crippen LogP contribution < -0.4 is 0 Å². The van der Waals surface area contributed by atoms with Crippen molar-refractivity contribution in [3.8, 4) is 0 Å². The van der Waals surface area contributed by atoms with Gasteiger partial charge in [-0.1, -0.05) is 0 Å². The lowest BCUT2D eigenvalue weighted by molar-refractivity contribution is -0.150. The van der Waals surface area contributed by atoms with E-state index in [9.17, 15) is 4.79 Å². The van der Waals surface area contributed by atoms with Crippen LogP contribution in [-0.4, -0.2) is 77.3 Å². The predicted octanol–water partition coefficient (Wildman–Crippen LogP) is 0.941. The van der Waals surface area contributed by atoms with Crippen LogP contribution in [-0.2, 0) is 23.7 Å². The molecule has 6 nitrogen and oxygen atoms in total. The Morgan fingerprint density at radius 3 is 2.57 bits per heavy atom. The van der Waals surface area contributed by atoms with E-state index in [1.807, 2.05) is 6.92 Å². The van der Waals surface area contributed by atoms with Crippen LogP contribution in [0.15, 0.2) is 0 Å². The van der Waals surface area contributed by atoms with Crippen molar-refractivity contribution in [2.24, 2.45) is 5.92 Å². The molecule has 1 atom stereocenters. The number of hydrogen-bond acceptors (Lipinski definition) is 6. The summed E-state index contributed by atoms with van der Waals surface area (Å²) in [5, 5.41) is 0. The maximum absolute atomic E-state index is 11.7. The lowest BCUT2D eigenvalue weighted by Gasteiger charge is -2.31. The minimum Gasteiger partial charge on any atom is -0.466 e. The van der Waals surface area contributed by atoms with E-state index in [0.29, 0.717) is 39.6 Å². The van der Waals surface area contributed by atoms with Gasteiger partial charge in [0.2, 0.25) is 0 Å². The van der Waals surface area contributed by atoms with E-state index in [-0.39, 0.29) is 11.9 Å². The minimum atomic E-state index is -0.0605. The van der Waals surface area contributed by atoms with Gasteiger partial charge in [0.1, 0.15) is 0 Å². The molecular formula is C15H29NO5. The van der Waals surface area contributed by atoms with Crippen LogP contribution >= 0.6 is 0 Å². The molecule has 0 bridgehead atoms. The topological polar surface area (TPSA) is 57.2 Å². The fourth-order valence-electron chi connectivity index (χ4n) is 2.37. The number of carbonyl (C=O) groups is 1. The van der Waals surface area contributed by atoms with Crippen LogP contribution in [0.5, 0.6) is 0 Å². The van der Waals surface area contributed by atoms with Crippen LogP contribution in [0.25, 0.3) is 0 Å². The smallest absolute Gasteiger partial charge is 0.310 e. The van der Waals surface area contributed by atoms with Crippen LogP contribution in [0.4, 0.5) is 0 Å². The molecule has 124 valence electrons. The van der Waals surface area contributed by atoms with E-state index >= 15 is 0 Å². The highest BCUT2D eigenvalue weighted by atomic mass is 16.5. The highest BCUT2D eigenvalue weighted by Gasteiger charge is 2.26. The van der Waals surface area contributed by atoms with Gasteiger partial charge in [0.25, 0.3) is 0 Å². The summed E-state index contributed by atoms with van der Waals surface area (Å²) >= 11 is 0. The number of likely N-dealkylation sites (tertiary alicyclic amines) is 1. The molecule has 0 saturated carbocycles. The Balaban J connectivity index is 2.03. The van der Waals surface area contributed by atoms with E-state index in [2.05, 4.69) is 4.90 Å². The molecule has 0 unspecified atom stereocenters. The standard InChI is InChI=1S/C15H29NO5/c1-3-21-15(17)14-5-4-6-16(13-14)7-8-19-11-12-20-10-9-18-2/h14H,3-13H2,1-2H3/t14-/m1/s1. The predicted molar refractivity (Wildman–Crippen MR) is 79.3 cm³/mol. The number of esters is 1. The molecule has 0 aromatic carbocycles. The van der Waals surface area contributed by atoms with E-state index in [1.165, 1.54) is 0 Å². The van der Waals surface area contributed by atoms with Crippen LogP contribution in [0.3, 0.4) is 0 Å². The zero-order valence-corrected chi connectivity index (χ0v) is 13.3. The highest BCUT2D eigenvalue weighted by molar-refractivity contribution is 5.72. The first-order valence-electron chi connectivity index (χ1n) is 7.81. The molecule has 21 heavy (non-hydrogen) atoms. The molecule has 1 heterocycles. The molecule has 0 aromatic rings. The Bertz CT molecular complexity index is 275.